The standard InChI is InChI=1S/2C21H34NO8P/c1-26-20-8-7-16(13-21(20)27-2)10-12-28-19-6-4-3-5-18(19)22-11-9-17(14-22)29-15-30-31(23,24)25;1-27-20-8-7-16(13-21(20)28-2)10-12-29-19-6-4-3-5-18(19)22(11-9-17(23)14-22)15-30-31(24,25)26/h7-8,13,17-19H,3-6,9-12,14-15H2,1-2H3,(H2,23,24,25);7-8,13,17-19,23H,3-6,9-12,14-15H2,1-2H3,(H-,24,25,26)/p+1/t17-,18-,19-;17-,18-,19-,22?/m11/s1. The van der Waals surface area contributed by atoms with Gasteiger partial charge in [-0.2, -0.15) is 0 Å². The molecule has 20 heteroatoms. The van der Waals surface area contributed by atoms with Crippen LogP contribution in [0.4, 0.5) is 0 Å². The van der Waals surface area contributed by atoms with Gasteiger partial charge in [-0.25, -0.2) is 13.7 Å². The maximum atomic E-state index is 11.4. The minimum atomic E-state index is -4.59. The number of likely N-dealkylation sites (tertiary alicyclic amines) is 2. The molecule has 18 nitrogen and oxygen atoms in total. The molecule has 0 aromatic heterocycles. The van der Waals surface area contributed by atoms with Crippen LogP contribution in [-0.4, -0.2) is 152 Å². The van der Waals surface area contributed by atoms with Crippen molar-refractivity contribution >= 4 is 15.6 Å². The number of rotatable bonds is 21. The van der Waals surface area contributed by atoms with Gasteiger partial charge in [-0.05, 0) is 80.3 Å². The third kappa shape index (κ3) is 15.4. The Bertz CT molecular complexity index is 1760. The molecule has 0 bridgehead atoms. The van der Waals surface area contributed by atoms with Crippen molar-refractivity contribution < 1.29 is 80.5 Å². The van der Waals surface area contributed by atoms with Crippen molar-refractivity contribution in [2.24, 2.45) is 0 Å². The zero-order valence-electron chi connectivity index (χ0n) is 36.6. The van der Waals surface area contributed by atoms with Crippen molar-refractivity contribution in [1.82, 2.24) is 4.90 Å². The van der Waals surface area contributed by atoms with E-state index in [0.29, 0.717) is 61.2 Å². The molecule has 7 atom stereocenters. The molecular formula is C42H69N2O16P2+. The highest BCUT2D eigenvalue weighted by Gasteiger charge is 2.49. The minimum absolute atomic E-state index is 0.0421. The van der Waals surface area contributed by atoms with Crippen molar-refractivity contribution in [3.05, 3.63) is 47.5 Å². The van der Waals surface area contributed by atoms with E-state index in [1.807, 2.05) is 36.4 Å². The molecule has 4 fully saturated rings. The van der Waals surface area contributed by atoms with E-state index in [1.165, 1.54) is 12.8 Å². The summed E-state index contributed by atoms with van der Waals surface area (Å²) in [4.78, 5) is 38.4. The maximum Gasteiger partial charge on any atom is 0.474 e. The SMILES string of the molecule is COc1ccc(CCO[C@@H]2CCCC[C@H]2N2CC[C@@H](OCOP(=O)(O)O)C2)cc1OC.COc1ccc(CCO[C@@H]2CCCC[C@H]2[N+]2(COP(=O)(O)O)CC[C@@H](O)C2)cc1OC. The van der Waals surface area contributed by atoms with Gasteiger partial charge >= 0.3 is 15.6 Å². The van der Waals surface area contributed by atoms with Crippen LogP contribution >= 0.6 is 15.6 Å². The van der Waals surface area contributed by atoms with Gasteiger partial charge in [0.05, 0.1) is 60.4 Å². The third-order valence-corrected chi connectivity index (χ3v) is 13.4. The predicted octanol–water partition coefficient (Wildman–Crippen LogP) is 4.95. The summed E-state index contributed by atoms with van der Waals surface area (Å²) < 4.78 is 71.3. The fourth-order valence-corrected chi connectivity index (χ4v) is 9.99. The average molecular weight is 920 g/mol. The van der Waals surface area contributed by atoms with Crippen molar-refractivity contribution in [2.75, 3.05) is 81.4 Å². The molecule has 2 aliphatic heterocycles. The lowest BCUT2D eigenvalue weighted by Crippen LogP contribution is -2.61. The van der Waals surface area contributed by atoms with Crippen molar-refractivity contribution in [1.29, 1.82) is 0 Å². The number of nitrogens with zero attached hydrogens (tertiary/aromatic N) is 2. The topological polar surface area (TPSA) is 222 Å². The Kier molecular flexibility index (Phi) is 19.8. The Balaban J connectivity index is 0.000000234. The van der Waals surface area contributed by atoms with Gasteiger partial charge in [0.1, 0.15) is 24.8 Å². The lowest BCUT2D eigenvalue weighted by Gasteiger charge is -2.46. The number of aliphatic hydroxyl groups excluding tert-OH is 1. The van der Waals surface area contributed by atoms with Crippen LogP contribution in [-0.2, 0) is 45.2 Å². The number of methoxy groups -OCH3 is 4. The molecule has 5 N–H and O–H groups in total. The average Bonchev–Trinajstić information content (AvgIpc) is 3.89. The van der Waals surface area contributed by atoms with Crippen LogP contribution < -0.4 is 18.9 Å². The van der Waals surface area contributed by atoms with E-state index in [1.54, 1.807) is 28.4 Å². The molecular weight excluding hydrogens is 850 g/mol. The summed E-state index contributed by atoms with van der Waals surface area (Å²) >= 11 is 0. The number of ether oxygens (including phenoxy) is 7. The van der Waals surface area contributed by atoms with Crippen LogP contribution in [0.1, 0.15) is 75.3 Å². The number of phosphoric acid groups is 2. The van der Waals surface area contributed by atoms with Crippen molar-refractivity contribution in [3.8, 4) is 23.0 Å². The molecule has 2 aromatic rings. The number of quaternary nitrogens is 1. The van der Waals surface area contributed by atoms with Gasteiger partial charge in [0.15, 0.2) is 36.5 Å². The number of phosphoric ester groups is 2. The monoisotopic (exact) mass is 919 g/mol. The summed E-state index contributed by atoms with van der Waals surface area (Å²) in [5.41, 5.74) is 2.22. The summed E-state index contributed by atoms with van der Waals surface area (Å²) in [6.45, 7) is 3.34. The molecule has 2 aromatic carbocycles. The van der Waals surface area contributed by atoms with Gasteiger partial charge in [-0.15, -0.1) is 0 Å². The van der Waals surface area contributed by atoms with Crippen LogP contribution in [0.2, 0.25) is 0 Å². The van der Waals surface area contributed by atoms with E-state index in [9.17, 15) is 24.0 Å². The first-order valence-corrected chi connectivity index (χ1v) is 24.7. The summed E-state index contributed by atoms with van der Waals surface area (Å²) in [5.74, 6) is 2.81. The lowest BCUT2D eigenvalue weighted by atomic mass is 9.89. The third-order valence-electron chi connectivity index (χ3n) is 12.5. The van der Waals surface area contributed by atoms with Gasteiger partial charge in [0, 0.05) is 32.0 Å². The molecule has 1 unspecified atom stereocenters. The molecule has 2 saturated carbocycles. The van der Waals surface area contributed by atoms with Gasteiger partial charge < -0.3 is 57.8 Å². The van der Waals surface area contributed by atoms with Crippen LogP contribution in [0.25, 0.3) is 0 Å². The Morgan fingerprint density at radius 1 is 0.661 bits per heavy atom. The van der Waals surface area contributed by atoms with Crippen LogP contribution in [0, 0.1) is 0 Å². The highest BCUT2D eigenvalue weighted by atomic mass is 31.2. The molecule has 6 rings (SSSR count). The Morgan fingerprint density at radius 3 is 1.76 bits per heavy atom. The molecule has 2 aliphatic carbocycles. The van der Waals surface area contributed by atoms with Gasteiger partial charge in [0.2, 0.25) is 0 Å². The second-order valence-electron chi connectivity index (χ2n) is 16.5. The molecule has 4 aliphatic rings. The zero-order chi connectivity index (χ0) is 44.8. The Labute approximate surface area is 365 Å². The molecule has 0 spiro atoms. The van der Waals surface area contributed by atoms with Gasteiger partial charge in [-0.1, -0.05) is 31.4 Å². The van der Waals surface area contributed by atoms with E-state index < -0.39 is 28.5 Å². The molecule has 0 amide bonds. The number of hydrogen-bond donors (Lipinski definition) is 5. The molecule has 2 heterocycles. The van der Waals surface area contributed by atoms with E-state index in [-0.39, 0.29) is 31.1 Å². The second kappa shape index (κ2) is 24.2. The summed E-state index contributed by atoms with van der Waals surface area (Å²) in [7, 11) is -2.61. The van der Waals surface area contributed by atoms with Crippen molar-refractivity contribution in [3.63, 3.8) is 0 Å². The fourth-order valence-electron chi connectivity index (χ4n) is 9.42. The summed E-state index contributed by atoms with van der Waals surface area (Å²) in [6, 6.07) is 12.1. The fraction of sp³-hybridized carbons (Fsp3) is 0.714. The molecule has 352 valence electrons. The summed E-state index contributed by atoms with van der Waals surface area (Å²) in [6.07, 6.45) is 10.8. The van der Waals surface area contributed by atoms with E-state index in [4.69, 9.17) is 47.5 Å². The Hall–Kier alpha value is -2.38. The van der Waals surface area contributed by atoms with Crippen LogP contribution in [0.5, 0.6) is 23.0 Å². The number of hydrogen-bond acceptors (Lipinski definition) is 13. The normalized spacial score (nSPS) is 27.0. The minimum Gasteiger partial charge on any atom is -0.493 e. The predicted molar refractivity (Wildman–Crippen MR) is 228 cm³/mol. The van der Waals surface area contributed by atoms with E-state index >= 15 is 0 Å². The second-order valence-corrected chi connectivity index (χ2v) is 19.0. The van der Waals surface area contributed by atoms with E-state index in [2.05, 4.69) is 9.42 Å². The number of aliphatic hydroxyl groups is 1. The highest BCUT2D eigenvalue weighted by Crippen LogP contribution is 2.41. The van der Waals surface area contributed by atoms with Gasteiger partial charge in [-0.3, -0.25) is 13.9 Å². The van der Waals surface area contributed by atoms with E-state index in [0.717, 1.165) is 87.1 Å². The number of benzene rings is 2. The first kappa shape index (κ1) is 50.6. The zero-order valence-corrected chi connectivity index (χ0v) is 38.4. The van der Waals surface area contributed by atoms with Crippen LogP contribution in [0.15, 0.2) is 36.4 Å². The van der Waals surface area contributed by atoms with Crippen LogP contribution in [0.3, 0.4) is 0 Å². The quantitative estimate of drug-likeness (QED) is 0.0635. The summed E-state index contributed by atoms with van der Waals surface area (Å²) in [5, 5.41) is 10.2. The molecule has 0 radical (unpaired) electrons. The Morgan fingerprint density at radius 2 is 1.21 bits per heavy atom. The smallest absolute Gasteiger partial charge is 0.474 e. The largest absolute Gasteiger partial charge is 0.493 e. The highest BCUT2D eigenvalue weighted by molar-refractivity contribution is 7.46. The maximum absolute atomic E-state index is 11.4. The first-order chi connectivity index (χ1) is 29.7. The molecule has 62 heavy (non-hydrogen) atoms. The molecule has 2 saturated heterocycles. The first-order valence-electron chi connectivity index (χ1n) is 21.6. The van der Waals surface area contributed by atoms with Crippen molar-refractivity contribution in [2.45, 2.75) is 114 Å². The van der Waals surface area contributed by atoms with Gasteiger partial charge in [0.25, 0.3) is 0 Å². The lowest BCUT2D eigenvalue weighted by molar-refractivity contribution is -0.960.